The Morgan fingerprint density at radius 3 is 2.72 bits per heavy atom. The van der Waals surface area contributed by atoms with Crippen LogP contribution in [0.4, 0.5) is 0 Å². The molecule has 96 valence electrons. The molecule has 1 atom stereocenters. The molecule has 0 saturated carbocycles. The van der Waals surface area contributed by atoms with Gasteiger partial charge in [-0.3, -0.25) is 0 Å². The Hall–Kier alpha value is -1.32. The smallest absolute Gasteiger partial charge is 0.119 e. The summed E-state index contributed by atoms with van der Waals surface area (Å²) in [5, 5.41) is 7.82. The van der Waals surface area contributed by atoms with Crippen LogP contribution in [0.1, 0.15) is 24.9 Å². The van der Waals surface area contributed by atoms with Crippen LogP contribution in [0.5, 0.6) is 5.75 Å². The lowest BCUT2D eigenvalue weighted by Crippen LogP contribution is -2.27. The van der Waals surface area contributed by atoms with E-state index >= 15 is 0 Å². The summed E-state index contributed by atoms with van der Waals surface area (Å²) in [6, 6.07) is 12.4. The van der Waals surface area contributed by atoms with Crippen LogP contribution in [0.25, 0.3) is 0 Å². The average Bonchev–Trinajstić information content (AvgIpc) is 2.94. The molecule has 1 heterocycles. The zero-order valence-electron chi connectivity index (χ0n) is 10.6. The predicted molar refractivity (Wildman–Crippen MR) is 77.3 cm³/mol. The minimum absolute atomic E-state index is 0.274. The standard InChI is InChI=1S/C15H19NOS/c1-2-9-16-15(13-8-10-18-12-13)11-17-14-6-4-3-5-7-14/h3-8,10,12,15-16H,2,9,11H2,1H3. The minimum Gasteiger partial charge on any atom is -0.492 e. The number of thiophene rings is 1. The highest BCUT2D eigenvalue weighted by atomic mass is 32.1. The predicted octanol–water partition coefficient (Wildman–Crippen LogP) is 3.87. The molecule has 0 saturated heterocycles. The van der Waals surface area contributed by atoms with Crippen molar-refractivity contribution < 1.29 is 4.74 Å². The maximum absolute atomic E-state index is 5.83. The van der Waals surface area contributed by atoms with Crippen LogP contribution >= 0.6 is 11.3 Å². The van der Waals surface area contributed by atoms with Gasteiger partial charge in [-0.05, 0) is 47.5 Å². The maximum Gasteiger partial charge on any atom is 0.119 e. The third-order valence-corrected chi connectivity index (χ3v) is 3.45. The Kier molecular flexibility index (Phi) is 5.24. The number of hydrogen-bond acceptors (Lipinski definition) is 3. The van der Waals surface area contributed by atoms with E-state index in [0.29, 0.717) is 6.61 Å². The molecule has 0 aliphatic carbocycles. The van der Waals surface area contributed by atoms with Gasteiger partial charge in [0, 0.05) is 0 Å². The van der Waals surface area contributed by atoms with Crippen LogP contribution in [0.3, 0.4) is 0 Å². The monoisotopic (exact) mass is 261 g/mol. The average molecular weight is 261 g/mol. The molecule has 0 aliphatic heterocycles. The molecule has 0 spiro atoms. The van der Waals surface area contributed by atoms with Crippen molar-refractivity contribution >= 4 is 11.3 Å². The van der Waals surface area contributed by atoms with Gasteiger partial charge >= 0.3 is 0 Å². The van der Waals surface area contributed by atoms with E-state index in [-0.39, 0.29) is 6.04 Å². The van der Waals surface area contributed by atoms with Crippen molar-refractivity contribution in [3.63, 3.8) is 0 Å². The van der Waals surface area contributed by atoms with Crippen LogP contribution in [0, 0.1) is 0 Å². The molecule has 1 N–H and O–H groups in total. The first-order valence-corrected chi connectivity index (χ1v) is 7.27. The van der Waals surface area contributed by atoms with Gasteiger partial charge in [0.25, 0.3) is 0 Å². The number of hydrogen-bond donors (Lipinski definition) is 1. The third-order valence-electron chi connectivity index (χ3n) is 2.75. The molecule has 0 radical (unpaired) electrons. The van der Waals surface area contributed by atoms with Gasteiger partial charge in [0.2, 0.25) is 0 Å². The highest BCUT2D eigenvalue weighted by Crippen LogP contribution is 2.18. The van der Waals surface area contributed by atoms with Gasteiger partial charge < -0.3 is 10.1 Å². The number of benzene rings is 1. The van der Waals surface area contributed by atoms with Gasteiger partial charge in [-0.25, -0.2) is 0 Å². The third kappa shape index (κ3) is 3.86. The van der Waals surface area contributed by atoms with Crippen LogP contribution in [0.15, 0.2) is 47.2 Å². The van der Waals surface area contributed by atoms with E-state index in [1.54, 1.807) is 11.3 Å². The second kappa shape index (κ2) is 7.19. The minimum atomic E-state index is 0.274. The Morgan fingerprint density at radius 2 is 2.06 bits per heavy atom. The number of nitrogens with one attached hydrogen (secondary N) is 1. The topological polar surface area (TPSA) is 21.3 Å². The van der Waals surface area contributed by atoms with Gasteiger partial charge in [-0.2, -0.15) is 11.3 Å². The molecule has 2 aromatic rings. The number of ether oxygens (including phenoxy) is 1. The molecule has 0 fully saturated rings. The van der Waals surface area contributed by atoms with Crippen molar-refractivity contribution in [1.82, 2.24) is 5.32 Å². The normalized spacial score (nSPS) is 12.3. The molecule has 1 unspecified atom stereocenters. The van der Waals surface area contributed by atoms with E-state index in [2.05, 4.69) is 29.1 Å². The molecule has 0 amide bonds. The van der Waals surface area contributed by atoms with Crippen LogP contribution < -0.4 is 10.1 Å². The van der Waals surface area contributed by atoms with E-state index in [0.717, 1.165) is 18.7 Å². The summed E-state index contributed by atoms with van der Waals surface area (Å²) in [6.07, 6.45) is 1.13. The first-order chi connectivity index (χ1) is 8.90. The SMILES string of the molecule is CCCNC(COc1ccccc1)c1ccsc1. The quantitative estimate of drug-likeness (QED) is 0.817. The van der Waals surface area contributed by atoms with Crippen molar-refractivity contribution in [2.24, 2.45) is 0 Å². The van der Waals surface area contributed by atoms with E-state index < -0.39 is 0 Å². The highest BCUT2D eigenvalue weighted by Gasteiger charge is 2.11. The molecule has 2 rings (SSSR count). The number of para-hydroxylation sites is 1. The van der Waals surface area contributed by atoms with Gasteiger partial charge in [0.1, 0.15) is 12.4 Å². The molecule has 0 bridgehead atoms. The van der Waals surface area contributed by atoms with Gasteiger partial charge in [-0.15, -0.1) is 0 Å². The summed E-state index contributed by atoms with van der Waals surface area (Å²) >= 11 is 1.73. The lowest BCUT2D eigenvalue weighted by atomic mass is 10.1. The lowest BCUT2D eigenvalue weighted by Gasteiger charge is -2.18. The van der Waals surface area contributed by atoms with Crippen LogP contribution in [-0.2, 0) is 0 Å². The Balaban J connectivity index is 1.93. The second-order valence-electron chi connectivity index (χ2n) is 4.19. The molecule has 3 heteroatoms. The molecular formula is C15H19NOS. The fourth-order valence-corrected chi connectivity index (χ4v) is 2.48. The summed E-state index contributed by atoms with van der Waals surface area (Å²) < 4.78 is 5.83. The van der Waals surface area contributed by atoms with E-state index in [4.69, 9.17) is 4.74 Å². The van der Waals surface area contributed by atoms with Crippen LogP contribution in [-0.4, -0.2) is 13.2 Å². The van der Waals surface area contributed by atoms with Crippen molar-refractivity contribution in [3.05, 3.63) is 52.7 Å². The zero-order chi connectivity index (χ0) is 12.6. The molecule has 18 heavy (non-hydrogen) atoms. The largest absolute Gasteiger partial charge is 0.492 e. The van der Waals surface area contributed by atoms with Crippen molar-refractivity contribution in [1.29, 1.82) is 0 Å². The molecule has 2 nitrogen and oxygen atoms in total. The summed E-state index contributed by atoms with van der Waals surface area (Å²) in [6.45, 7) is 3.86. The van der Waals surface area contributed by atoms with Crippen molar-refractivity contribution in [3.8, 4) is 5.75 Å². The Bertz CT molecular complexity index is 427. The summed E-state index contributed by atoms with van der Waals surface area (Å²) in [4.78, 5) is 0. The van der Waals surface area contributed by atoms with E-state index in [9.17, 15) is 0 Å². The summed E-state index contributed by atoms with van der Waals surface area (Å²) in [5.41, 5.74) is 1.31. The maximum atomic E-state index is 5.83. The summed E-state index contributed by atoms with van der Waals surface area (Å²) in [7, 11) is 0. The lowest BCUT2D eigenvalue weighted by molar-refractivity contribution is 0.266. The van der Waals surface area contributed by atoms with E-state index in [1.165, 1.54) is 5.56 Å². The molecule has 1 aromatic carbocycles. The van der Waals surface area contributed by atoms with Crippen LogP contribution in [0.2, 0.25) is 0 Å². The fourth-order valence-electron chi connectivity index (χ4n) is 1.76. The van der Waals surface area contributed by atoms with Crippen molar-refractivity contribution in [2.75, 3.05) is 13.2 Å². The summed E-state index contributed by atoms with van der Waals surface area (Å²) in [5.74, 6) is 0.927. The zero-order valence-corrected chi connectivity index (χ0v) is 11.5. The Morgan fingerprint density at radius 1 is 1.22 bits per heavy atom. The van der Waals surface area contributed by atoms with Gasteiger partial charge in [-0.1, -0.05) is 25.1 Å². The first kappa shape index (κ1) is 13.1. The fraction of sp³-hybridized carbons (Fsp3) is 0.333. The van der Waals surface area contributed by atoms with Gasteiger partial charge in [0.15, 0.2) is 0 Å². The second-order valence-corrected chi connectivity index (χ2v) is 4.97. The van der Waals surface area contributed by atoms with E-state index in [1.807, 2.05) is 30.3 Å². The molecular weight excluding hydrogens is 242 g/mol. The highest BCUT2D eigenvalue weighted by molar-refractivity contribution is 7.07. The number of rotatable bonds is 7. The first-order valence-electron chi connectivity index (χ1n) is 6.33. The Labute approximate surface area is 113 Å². The van der Waals surface area contributed by atoms with Crippen molar-refractivity contribution in [2.45, 2.75) is 19.4 Å². The van der Waals surface area contributed by atoms with Gasteiger partial charge in [0.05, 0.1) is 6.04 Å². The molecule has 1 aromatic heterocycles. The molecule has 0 aliphatic rings.